The van der Waals surface area contributed by atoms with E-state index in [1.54, 1.807) is 7.11 Å². The zero-order valence-electron chi connectivity index (χ0n) is 13.3. The number of benzene rings is 1. The first kappa shape index (κ1) is 16.1. The lowest BCUT2D eigenvalue weighted by atomic mass is 9.92. The molecule has 1 aliphatic carbocycles. The summed E-state index contributed by atoms with van der Waals surface area (Å²) < 4.78 is 11.1. The average molecular weight is 293 g/mol. The van der Waals surface area contributed by atoms with Gasteiger partial charge in [0.05, 0.1) is 19.3 Å². The highest BCUT2D eigenvalue weighted by Crippen LogP contribution is 2.29. The molecule has 21 heavy (non-hydrogen) atoms. The number of aliphatic hydroxyl groups is 1. The van der Waals surface area contributed by atoms with Crippen LogP contribution < -0.4 is 14.8 Å². The Labute approximate surface area is 127 Å². The van der Waals surface area contributed by atoms with Gasteiger partial charge in [-0.25, -0.2) is 0 Å². The maximum atomic E-state index is 9.98. The number of aliphatic hydroxyl groups excluding tert-OH is 1. The molecule has 118 valence electrons. The molecule has 2 rings (SSSR count). The summed E-state index contributed by atoms with van der Waals surface area (Å²) in [7, 11) is 1.66. The largest absolute Gasteiger partial charge is 0.493 e. The number of ether oxygens (including phenoxy) is 2. The minimum absolute atomic E-state index is 0.125. The SMILES string of the molecule is COc1cc(CN[C@@H]2CCCC[C@H]2O)ccc1OC(C)C. The minimum Gasteiger partial charge on any atom is -0.493 e. The summed E-state index contributed by atoms with van der Waals surface area (Å²) in [5.74, 6) is 1.53. The molecular weight excluding hydrogens is 266 g/mol. The molecule has 0 saturated heterocycles. The summed E-state index contributed by atoms with van der Waals surface area (Å²) in [6.45, 7) is 4.73. The number of hydrogen-bond donors (Lipinski definition) is 2. The molecule has 1 fully saturated rings. The van der Waals surface area contributed by atoms with Gasteiger partial charge in [0, 0.05) is 12.6 Å². The summed E-state index contributed by atoms with van der Waals surface area (Å²) in [5.41, 5.74) is 1.14. The lowest BCUT2D eigenvalue weighted by molar-refractivity contribution is 0.0902. The number of rotatable bonds is 6. The molecule has 0 bridgehead atoms. The predicted octanol–water partition coefficient (Wildman–Crippen LogP) is 2.88. The van der Waals surface area contributed by atoms with Crippen LogP contribution >= 0.6 is 0 Å². The van der Waals surface area contributed by atoms with Crippen LogP contribution in [0.25, 0.3) is 0 Å². The molecule has 0 aliphatic heterocycles. The third-order valence-corrected chi connectivity index (χ3v) is 3.89. The maximum absolute atomic E-state index is 9.98. The van der Waals surface area contributed by atoms with Gasteiger partial charge in [-0.1, -0.05) is 18.9 Å². The Hall–Kier alpha value is -1.26. The standard InChI is InChI=1S/C17H27NO3/c1-12(2)21-16-9-8-13(10-17(16)20-3)11-18-14-6-4-5-7-15(14)19/h8-10,12,14-15,18-19H,4-7,11H2,1-3H3/t14-,15-/m1/s1. The van der Waals surface area contributed by atoms with Crippen LogP contribution in [0, 0.1) is 0 Å². The normalized spacial score (nSPS) is 22.3. The smallest absolute Gasteiger partial charge is 0.161 e. The van der Waals surface area contributed by atoms with Crippen molar-refractivity contribution in [1.29, 1.82) is 0 Å². The molecule has 0 heterocycles. The first-order chi connectivity index (χ1) is 10.1. The van der Waals surface area contributed by atoms with Gasteiger partial charge in [0.25, 0.3) is 0 Å². The fourth-order valence-electron chi connectivity index (χ4n) is 2.77. The lowest BCUT2D eigenvalue weighted by Gasteiger charge is -2.28. The Morgan fingerprint density at radius 1 is 1.24 bits per heavy atom. The maximum Gasteiger partial charge on any atom is 0.161 e. The monoisotopic (exact) mass is 293 g/mol. The molecule has 4 heteroatoms. The summed E-state index contributed by atoms with van der Waals surface area (Å²) in [6.07, 6.45) is 4.19. The average Bonchev–Trinajstić information content (AvgIpc) is 2.47. The van der Waals surface area contributed by atoms with Gasteiger partial charge in [-0.3, -0.25) is 0 Å². The summed E-state index contributed by atoms with van der Waals surface area (Å²) in [4.78, 5) is 0. The van der Waals surface area contributed by atoms with Crippen LogP contribution in [0.15, 0.2) is 18.2 Å². The van der Waals surface area contributed by atoms with E-state index in [2.05, 4.69) is 5.32 Å². The summed E-state index contributed by atoms with van der Waals surface area (Å²) in [5, 5.41) is 13.4. The first-order valence-corrected chi connectivity index (χ1v) is 7.85. The fraction of sp³-hybridized carbons (Fsp3) is 0.647. The van der Waals surface area contributed by atoms with Gasteiger partial charge in [-0.15, -0.1) is 0 Å². The molecule has 0 amide bonds. The van der Waals surface area contributed by atoms with Crippen molar-refractivity contribution in [2.24, 2.45) is 0 Å². The molecule has 4 nitrogen and oxygen atoms in total. The van der Waals surface area contributed by atoms with Crippen LogP contribution in [0.3, 0.4) is 0 Å². The van der Waals surface area contributed by atoms with Crippen LogP contribution in [-0.4, -0.2) is 30.5 Å². The lowest BCUT2D eigenvalue weighted by Crippen LogP contribution is -2.41. The fourth-order valence-corrected chi connectivity index (χ4v) is 2.77. The van der Waals surface area contributed by atoms with Gasteiger partial charge in [0.15, 0.2) is 11.5 Å². The highest BCUT2D eigenvalue weighted by molar-refractivity contribution is 5.43. The van der Waals surface area contributed by atoms with E-state index in [1.165, 1.54) is 6.42 Å². The van der Waals surface area contributed by atoms with E-state index >= 15 is 0 Å². The van der Waals surface area contributed by atoms with E-state index in [-0.39, 0.29) is 18.2 Å². The van der Waals surface area contributed by atoms with Crippen LogP contribution in [0.4, 0.5) is 0 Å². The Morgan fingerprint density at radius 2 is 2.00 bits per heavy atom. The van der Waals surface area contributed by atoms with E-state index < -0.39 is 0 Å². The van der Waals surface area contributed by atoms with Crippen molar-refractivity contribution in [3.63, 3.8) is 0 Å². The highest BCUT2D eigenvalue weighted by atomic mass is 16.5. The molecule has 2 N–H and O–H groups in total. The van der Waals surface area contributed by atoms with E-state index in [9.17, 15) is 5.11 Å². The molecule has 0 radical (unpaired) electrons. The van der Waals surface area contributed by atoms with Crippen LogP contribution in [0.2, 0.25) is 0 Å². The summed E-state index contributed by atoms with van der Waals surface area (Å²) in [6, 6.07) is 6.20. The molecule has 1 aromatic carbocycles. The Morgan fingerprint density at radius 3 is 2.67 bits per heavy atom. The Balaban J connectivity index is 1.97. The molecule has 2 atom stereocenters. The second-order valence-electron chi connectivity index (χ2n) is 5.99. The molecule has 1 aliphatic rings. The van der Waals surface area contributed by atoms with Crippen molar-refractivity contribution in [3.8, 4) is 11.5 Å². The highest BCUT2D eigenvalue weighted by Gasteiger charge is 2.22. The van der Waals surface area contributed by atoms with Crippen molar-refractivity contribution in [2.45, 2.75) is 64.3 Å². The van der Waals surface area contributed by atoms with Crippen LogP contribution in [-0.2, 0) is 6.54 Å². The van der Waals surface area contributed by atoms with E-state index in [0.717, 1.165) is 42.9 Å². The van der Waals surface area contributed by atoms with Gasteiger partial charge in [-0.2, -0.15) is 0 Å². The summed E-state index contributed by atoms with van der Waals surface area (Å²) >= 11 is 0. The van der Waals surface area contributed by atoms with Crippen LogP contribution in [0.5, 0.6) is 11.5 Å². The number of methoxy groups -OCH3 is 1. The third kappa shape index (κ3) is 4.61. The zero-order chi connectivity index (χ0) is 15.2. The van der Waals surface area contributed by atoms with E-state index in [0.29, 0.717) is 0 Å². The molecule has 0 spiro atoms. The van der Waals surface area contributed by atoms with Crippen molar-refractivity contribution < 1.29 is 14.6 Å². The predicted molar refractivity (Wildman–Crippen MR) is 83.9 cm³/mol. The second kappa shape index (κ2) is 7.66. The second-order valence-corrected chi connectivity index (χ2v) is 5.99. The van der Waals surface area contributed by atoms with Crippen molar-refractivity contribution in [1.82, 2.24) is 5.32 Å². The topological polar surface area (TPSA) is 50.7 Å². The Bertz CT molecular complexity index is 448. The molecular formula is C17H27NO3. The van der Waals surface area contributed by atoms with E-state index in [4.69, 9.17) is 9.47 Å². The third-order valence-electron chi connectivity index (χ3n) is 3.89. The molecule has 1 saturated carbocycles. The van der Waals surface area contributed by atoms with Crippen LogP contribution in [0.1, 0.15) is 45.1 Å². The van der Waals surface area contributed by atoms with Gasteiger partial charge in [-0.05, 0) is 44.4 Å². The number of nitrogens with one attached hydrogen (secondary N) is 1. The first-order valence-electron chi connectivity index (χ1n) is 7.85. The van der Waals surface area contributed by atoms with Crippen molar-refractivity contribution in [2.75, 3.05) is 7.11 Å². The molecule has 0 aromatic heterocycles. The zero-order valence-corrected chi connectivity index (χ0v) is 13.3. The van der Waals surface area contributed by atoms with Crippen molar-refractivity contribution >= 4 is 0 Å². The Kier molecular flexibility index (Phi) is 5.88. The molecule has 0 unspecified atom stereocenters. The van der Waals surface area contributed by atoms with Gasteiger partial charge in [0.2, 0.25) is 0 Å². The number of hydrogen-bond acceptors (Lipinski definition) is 4. The van der Waals surface area contributed by atoms with E-state index in [1.807, 2.05) is 32.0 Å². The van der Waals surface area contributed by atoms with Gasteiger partial charge < -0.3 is 19.9 Å². The minimum atomic E-state index is -0.218. The van der Waals surface area contributed by atoms with Gasteiger partial charge >= 0.3 is 0 Å². The van der Waals surface area contributed by atoms with Crippen molar-refractivity contribution in [3.05, 3.63) is 23.8 Å². The quantitative estimate of drug-likeness (QED) is 0.847. The molecule has 1 aromatic rings. The van der Waals surface area contributed by atoms with Gasteiger partial charge in [0.1, 0.15) is 0 Å².